The summed E-state index contributed by atoms with van der Waals surface area (Å²) in [5, 5.41) is 0. The molecule has 1 aliphatic heterocycles. The van der Waals surface area contributed by atoms with Crippen LogP contribution in [0.15, 0.2) is 16.6 Å². The van der Waals surface area contributed by atoms with Crippen LogP contribution in [0.5, 0.6) is 0 Å². The Kier molecular flexibility index (Phi) is 2.97. The van der Waals surface area contributed by atoms with Crippen LogP contribution in [0.2, 0.25) is 0 Å². The lowest BCUT2D eigenvalue weighted by atomic mass is 9.86. The summed E-state index contributed by atoms with van der Waals surface area (Å²) in [5.74, 6) is -0.401. The molecular formula is C13H14BrNO3. The van der Waals surface area contributed by atoms with E-state index in [0.29, 0.717) is 10.0 Å². The zero-order chi connectivity index (χ0) is 13.7. The second-order valence-corrected chi connectivity index (χ2v) is 5.68. The molecule has 0 N–H and O–H groups in total. The summed E-state index contributed by atoms with van der Waals surface area (Å²) in [6, 6.07) is 3.51. The van der Waals surface area contributed by atoms with Crippen LogP contribution in [0.3, 0.4) is 0 Å². The number of fused-ring (bicyclic) bond motifs is 1. The van der Waals surface area contributed by atoms with Crippen molar-refractivity contribution in [2.45, 2.75) is 19.3 Å². The van der Waals surface area contributed by atoms with E-state index < -0.39 is 11.4 Å². The highest BCUT2D eigenvalue weighted by atomic mass is 79.9. The molecule has 0 fully saturated rings. The average Bonchev–Trinajstić information content (AvgIpc) is 2.49. The van der Waals surface area contributed by atoms with Crippen LogP contribution in [-0.4, -0.2) is 26.0 Å². The van der Waals surface area contributed by atoms with Crippen molar-refractivity contribution in [2.24, 2.45) is 0 Å². The minimum Gasteiger partial charge on any atom is -0.465 e. The van der Waals surface area contributed by atoms with Gasteiger partial charge >= 0.3 is 5.97 Å². The molecule has 18 heavy (non-hydrogen) atoms. The van der Waals surface area contributed by atoms with Gasteiger partial charge in [0.25, 0.3) is 0 Å². The number of hydrogen-bond acceptors (Lipinski definition) is 3. The molecule has 1 aromatic rings. The second-order valence-electron chi connectivity index (χ2n) is 4.83. The Hall–Kier alpha value is -1.36. The molecule has 1 aliphatic rings. The lowest BCUT2D eigenvalue weighted by Gasteiger charge is -2.16. The van der Waals surface area contributed by atoms with Gasteiger partial charge in [0.05, 0.1) is 18.1 Å². The molecule has 0 saturated carbocycles. The number of ether oxygens (including phenoxy) is 1. The molecule has 1 heterocycles. The van der Waals surface area contributed by atoms with Gasteiger partial charge in [0.1, 0.15) is 0 Å². The van der Waals surface area contributed by atoms with Gasteiger partial charge in [0, 0.05) is 17.2 Å². The lowest BCUT2D eigenvalue weighted by Crippen LogP contribution is -2.33. The van der Waals surface area contributed by atoms with Gasteiger partial charge in [-0.2, -0.15) is 0 Å². The molecule has 1 aromatic carbocycles. The highest BCUT2D eigenvalue weighted by molar-refractivity contribution is 9.10. The summed E-state index contributed by atoms with van der Waals surface area (Å²) in [6.07, 6.45) is 0. The quantitative estimate of drug-likeness (QED) is 0.749. The molecule has 0 aliphatic carbocycles. The van der Waals surface area contributed by atoms with E-state index in [4.69, 9.17) is 4.74 Å². The van der Waals surface area contributed by atoms with Gasteiger partial charge in [-0.3, -0.25) is 4.79 Å². The molecule has 0 radical (unpaired) electrons. The largest absolute Gasteiger partial charge is 0.465 e. The molecule has 0 bridgehead atoms. The molecule has 5 heteroatoms. The molecular weight excluding hydrogens is 298 g/mol. The molecule has 2 rings (SSSR count). The van der Waals surface area contributed by atoms with Crippen molar-refractivity contribution in [3.05, 3.63) is 27.7 Å². The summed E-state index contributed by atoms with van der Waals surface area (Å²) >= 11 is 3.35. The number of hydrogen-bond donors (Lipinski definition) is 0. The number of carbonyl (C=O) groups excluding carboxylic acids is 2. The van der Waals surface area contributed by atoms with Crippen LogP contribution >= 0.6 is 15.9 Å². The van der Waals surface area contributed by atoms with Gasteiger partial charge in [-0.1, -0.05) is 0 Å². The van der Waals surface area contributed by atoms with E-state index in [9.17, 15) is 9.59 Å². The Balaban J connectivity index is 2.66. The van der Waals surface area contributed by atoms with Gasteiger partial charge < -0.3 is 9.64 Å². The second kappa shape index (κ2) is 4.09. The van der Waals surface area contributed by atoms with Crippen LogP contribution in [0.25, 0.3) is 0 Å². The van der Waals surface area contributed by atoms with Crippen molar-refractivity contribution < 1.29 is 14.3 Å². The van der Waals surface area contributed by atoms with E-state index in [1.165, 1.54) is 7.11 Å². The zero-order valence-electron chi connectivity index (χ0n) is 10.7. The van der Waals surface area contributed by atoms with E-state index >= 15 is 0 Å². The maximum Gasteiger partial charge on any atom is 0.339 e. The van der Waals surface area contributed by atoms with Crippen molar-refractivity contribution >= 4 is 33.5 Å². The van der Waals surface area contributed by atoms with E-state index in [2.05, 4.69) is 15.9 Å². The summed E-state index contributed by atoms with van der Waals surface area (Å²) in [5.41, 5.74) is 1.53. The summed E-state index contributed by atoms with van der Waals surface area (Å²) in [7, 11) is 3.05. The number of rotatable bonds is 1. The maximum atomic E-state index is 12.1. The average molecular weight is 312 g/mol. The minimum atomic E-state index is -0.568. The number of methoxy groups -OCH3 is 1. The summed E-state index contributed by atoms with van der Waals surface area (Å²) in [4.78, 5) is 25.3. The Morgan fingerprint density at radius 3 is 2.56 bits per heavy atom. The highest BCUT2D eigenvalue weighted by Crippen LogP contribution is 2.43. The van der Waals surface area contributed by atoms with Gasteiger partial charge in [-0.15, -0.1) is 0 Å². The Morgan fingerprint density at radius 2 is 2.00 bits per heavy atom. The van der Waals surface area contributed by atoms with Crippen molar-refractivity contribution in [2.75, 3.05) is 19.1 Å². The van der Waals surface area contributed by atoms with Gasteiger partial charge in [-0.25, -0.2) is 4.79 Å². The predicted molar refractivity (Wildman–Crippen MR) is 71.9 cm³/mol. The zero-order valence-corrected chi connectivity index (χ0v) is 12.3. The van der Waals surface area contributed by atoms with Crippen LogP contribution in [0.1, 0.15) is 29.8 Å². The Bertz CT molecular complexity index is 551. The summed E-state index contributed by atoms with van der Waals surface area (Å²) in [6.45, 7) is 3.75. The first kappa shape index (κ1) is 13.1. The van der Waals surface area contributed by atoms with E-state index in [1.54, 1.807) is 18.0 Å². The normalized spacial score (nSPS) is 16.7. The molecule has 0 atom stereocenters. The van der Waals surface area contributed by atoms with Gasteiger partial charge in [0.2, 0.25) is 5.91 Å². The fraction of sp³-hybridized carbons (Fsp3) is 0.385. The number of carbonyl (C=O) groups is 2. The Labute approximate surface area is 114 Å². The molecule has 4 nitrogen and oxygen atoms in total. The highest BCUT2D eigenvalue weighted by Gasteiger charge is 2.42. The molecule has 96 valence electrons. The number of anilines is 1. The van der Waals surface area contributed by atoms with Crippen molar-refractivity contribution in [1.82, 2.24) is 0 Å². The van der Waals surface area contributed by atoms with Crippen LogP contribution in [0, 0.1) is 0 Å². The number of esters is 1. The van der Waals surface area contributed by atoms with Crippen molar-refractivity contribution in [3.63, 3.8) is 0 Å². The number of likely N-dealkylation sites (N-methyl/N-ethyl adjacent to an activating group) is 1. The maximum absolute atomic E-state index is 12.1. The van der Waals surface area contributed by atoms with E-state index in [-0.39, 0.29) is 5.91 Å². The summed E-state index contributed by atoms with van der Waals surface area (Å²) < 4.78 is 5.36. The third-order valence-electron chi connectivity index (χ3n) is 3.36. The van der Waals surface area contributed by atoms with Crippen molar-refractivity contribution in [3.8, 4) is 0 Å². The molecule has 0 aromatic heterocycles. The first-order valence-electron chi connectivity index (χ1n) is 5.51. The smallest absolute Gasteiger partial charge is 0.339 e. The minimum absolute atomic E-state index is 0.0198. The topological polar surface area (TPSA) is 46.6 Å². The predicted octanol–water partition coefficient (Wildman–Crippen LogP) is 2.49. The first-order valence-corrected chi connectivity index (χ1v) is 6.30. The van der Waals surface area contributed by atoms with Gasteiger partial charge in [-0.05, 0) is 47.5 Å². The first-order chi connectivity index (χ1) is 8.30. The fourth-order valence-electron chi connectivity index (χ4n) is 2.25. The molecule has 1 amide bonds. The van der Waals surface area contributed by atoms with Crippen LogP contribution < -0.4 is 4.90 Å². The van der Waals surface area contributed by atoms with E-state index in [0.717, 1.165) is 11.3 Å². The number of benzene rings is 1. The fourth-order valence-corrected chi connectivity index (χ4v) is 2.76. The monoisotopic (exact) mass is 311 g/mol. The molecule has 0 saturated heterocycles. The SMILES string of the molecule is COC(=O)c1cc2c(cc1Br)C(C)(C)C(=O)N2C. The molecule has 0 unspecified atom stereocenters. The third kappa shape index (κ3) is 1.65. The Morgan fingerprint density at radius 1 is 1.39 bits per heavy atom. The van der Waals surface area contributed by atoms with Gasteiger partial charge in [0.15, 0.2) is 0 Å². The number of halogens is 1. The standard InChI is InChI=1S/C13H14BrNO3/c1-13(2)8-6-9(14)7(11(16)18-4)5-10(8)15(3)12(13)17/h5-6H,1-4H3. The molecule has 0 spiro atoms. The number of nitrogens with zero attached hydrogens (tertiary/aromatic N) is 1. The lowest BCUT2D eigenvalue weighted by molar-refractivity contribution is -0.121. The van der Waals surface area contributed by atoms with E-state index in [1.807, 2.05) is 19.9 Å². The van der Waals surface area contributed by atoms with Crippen LogP contribution in [-0.2, 0) is 14.9 Å². The number of amides is 1. The van der Waals surface area contributed by atoms with Crippen LogP contribution in [0.4, 0.5) is 5.69 Å². The van der Waals surface area contributed by atoms with Crippen molar-refractivity contribution in [1.29, 1.82) is 0 Å². The third-order valence-corrected chi connectivity index (χ3v) is 4.02.